The first-order valence-corrected chi connectivity index (χ1v) is 10.5. The van der Waals surface area contributed by atoms with Crippen LogP contribution in [-0.2, 0) is 4.79 Å². The normalized spacial score (nSPS) is 14.1. The lowest BCUT2D eigenvalue weighted by Gasteiger charge is -2.36. The van der Waals surface area contributed by atoms with Crippen LogP contribution in [0.1, 0.15) is 19.3 Å². The van der Waals surface area contributed by atoms with Crippen molar-refractivity contribution < 1.29 is 9.53 Å². The highest BCUT2D eigenvalue weighted by Crippen LogP contribution is 2.19. The zero-order chi connectivity index (χ0) is 20.8. The molecule has 0 aliphatic carbocycles. The highest BCUT2D eigenvalue weighted by atomic mass is 16.5. The molecular formula is C24H27N3O3. The molecule has 6 nitrogen and oxygen atoms in total. The second-order valence-corrected chi connectivity index (χ2v) is 7.58. The molecule has 30 heavy (non-hydrogen) atoms. The Labute approximate surface area is 176 Å². The maximum atomic E-state index is 12.5. The second-order valence-electron chi connectivity index (χ2n) is 7.58. The van der Waals surface area contributed by atoms with Crippen molar-refractivity contribution in [3.05, 3.63) is 71.0 Å². The fourth-order valence-corrected chi connectivity index (χ4v) is 3.80. The van der Waals surface area contributed by atoms with Crippen molar-refractivity contribution in [1.29, 1.82) is 0 Å². The maximum absolute atomic E-state index is 12.5. The molecule has 1 aliphatic rings. The molecule has 0 bridgehead atoms. The van der Waals surface area contributed by atoms with E-state index in [1.54, 1.807) is 6.07 Å². The Balaban J connectivity index is 1.16. The quantitative estimate of drug-likeness (QED) is 0.612. The molecule has 0 spiro atoms. The highest BCUT2D eigenvalue weighted by Gasteiger charge is 2.20. The van der Waals surface area contributed by atoms with Gasteiger partial charge in [0.2, 0.25) is 11.5 Å². The molecule has 2 heterocycles. The van der Waals surface area contributed by atoms with E-state index in [1.807, 2.05) is 41.3 Å². The van der Waals surface area contributed by atoms with E-state index in [9.17, 15) is 9.59 Å². The number of H-pyrrole nitrogens is 1. The van der Waals surface area contributed by atoms with Gasteiger partial charge in [-0.15, -0.1) is 0 Å². The SMILES string of the molecule is O=C(CCCCOc1ccc2[nH]c(=O)ccc2c1)N1CCN(c2ccccc2)CC1. The first-order chi connectivity index (χ1) is 14.7. The summed E-state index contributed by atoms with van der Waals surface area (Å²) in [5.41, 5.74) is 1.91. The van der Waals surface area contributed by atoms with E-state index in [4.69, 9.17) is 4.74 Å². The summed E-state index contributed by atoms with van der Waals surface area (Å²) in [6, 6.07) is 19.3. The number of anilines is 1. The molecule has 1 aromatic heterocycles. The molecule has 4 rings (SSSR count). The fraction of sp³-hybridized carbons (Fsp3) is 0.333. The van der Waals surface area contributed by atoms with Gasteiger partial charge in [-0.05, 0) is 49.2 Å². The lowest BCUT2D eigenvalue weighted by atomic mass is 10.2. The van der Waals surface area contributed by atoms with Crippen LogP contribution >= 0.6 is 0 Å². The van der Waals surface area contributed by atoms with Crippen molar-refractivity contribution in [2.45, 2.75) is 19.3 Å². The first-order valence-electron chi connectivity index (χ1n) is 10.5. The molecule has 3 aromatic rings. The van der Waals surface area contributed by atoms with Crippen LogP contribution in [0.3, 0.4) is 0 Å². The third kappa shape index (κ3) is 5.00. The molecule has 1 aliphatic heterocycles. The third-order valence-corrected chi connectivity index (χ3v) is 5.50. The minimum atomic E-state index is -0.109. The second kappa shape index (κ2) is 9.48. The van der Waals surface area contributed by atoms with Crippen LogP contribution in [0.4, 0.5) is 5.69 Å². The summed E-state index contributed by atoms with van der Waals surface area (Å²) in [5, 5.41) is 0.942. The summed E-state index contributed by atoms with van der Waals surface area (Å²) in [4.78, 5) is 30.9. The number of ether oxygens (including phenoxy) is 1. The minimum Gasteiger partial charge on any atom is -0.494 e. The molecule has 0 atom stereocenters. The largest absolute Gasteiger partial charge is 0.494 e. The van der Waals surface area contributed by atoms with E-state index in [0.29, 0.717) is 13.0 Å². The van der Waals surface area contributed by atoms with Crippen molar-refractivity contribution in [2.75, 3.05) is 37.7 Å². The van der Waals surface area contributed by atoms with Gasteiger partial charge in [-0.3, -0.25) is 9.59 Å². The number of fused-ring (bicyclic) bond motifs is 1. The molecular weight excluding hydrogens is 378 g/mol. The maximum Gasteiger partial charge on any atom is 0.248 e. The van der Waals surface area contributed by atoms with E-state index in [1.165, 1.54) is 11.8 Å². The smallest absolute Gasteiger partial charge is 0.248 e. The summed E-state index contributed by atoms with van der Waals surface area (Å²) in [5.74, 6) is 1.01. The third-order valence-electron chi connectivity index (χ3n) is 5.50. The average molecular weight is 405 g/mol. The number of hydrogen-bond acceptors (Lipinski definition) is 4. The van der Waals surface area contributed by atoms with Gasteiger partial charge in [-0.1, -0.05) is 18.2 Å². The van der Waals surface area contributed by atoms with Crippen molar-refractivity contribution >= 4 is 22.5 Å². The number of nitrogens with zero attached hydrogens (tertiary/aromatic N) is 2. The minimum absolute atomic E-state index is 0.109. The number of unbranched alkanes of at least 4 members (excludes halogenated alkanes) is 1. The monoisotopic (exact) mass is 405 g/mol. The Morgan fingerprint density at radius 1 is 0.933 bits per heavy atom. The highest BCUT2D eigenvalue weighted by molar-refractivity contribution is 5.79. The van der Waals surface area contributed by atoms with E-state index >= 15 is 0 Å². The summed E-state index contributed by atoms with van der Waals surface area (Å²) in [6.07, 6.45) is 2.21. The zero-order valence-electron chi connectivity index (χ0n) is 17.0. The molecule has 2 aromatic carbocycles. The molecule has 0 unspecified atom stereocenters. The Hall–Kier alpha value is -3.28. The molecule has 6 heteroatoms. The summed E-state index contributed by atoms with van der Waals surface area (Å²) < 4.78 is 5.81. The number of piperazine rings is 1. The number of para-hydroxylation sites is 1. The molecule has 156 valence electrons. The van der Waals surface area contributed by atoms with Crippen molar-refractivity contribution in [1.82, 2.24) is 9.88 Å². The van der Waals surface area contributed by atoms with E-state index in [2.05, 4.69) is 22.0 Å². The first kappa shape index (κ1) is 20.0. The topological polar surface area (TPSA) is 65.6 Å². The number of benzene rings is 2. The van der Waals surface area contributed by atoms with Gasteiger partial charge in [0.05, 0.1) is 6.61 Å². The number of rotatable bonds is 7. The van der Waals surface area contributed by atoms with Crippen LogP contribution in [0.15, 0.2) is 65.5 Å². The van der Waals surface area contributed by atoms with Gasteiger partial charge in [-0.25, -0.2) is 0 Å². The molecule has 1 amide bonds. The molecule has 0 radical (unpaired) electrons. The van der Waals surface area contributed by atoms with Crippen LogP contribution in [0.5, 0.6) is 5.75 Å². The van der Waals surface area contributed by atoms with Crippen LogP contribution in [0.2, 0.25) is 0 Å². The average Bonchev–Trinajstić information content (AvgIpc) is 2.79. The number of amides is 1. The lowest BCUT2D eigenvalue weighted by Crippen LogP contribution is -2.48. The van der Waals surface area contributed by atoms with Gasteiger partial charge in [0.1, 0.15) is 5.75 Å². The van der Waals surface area contributed by atoms with Gasteiger partial charge >= 0.3 is 0 Å². The number of nitrogens with one attached hydrogen (secondary N) is 1. The van der Waals surface area contributed by atoms with Gasteiger partial charge in [0.25, 0.3) is 0 Å². The predicted octanol–water partition coefficient (Wildman–Crippen LogP) is 3.43. The summed E-state index contributed by atoms with van der Waals surface area (Å²) in [7, 11) is 0. The van der Waals surface area contributed by atoms with E-state index in [0.717, 1.165) is 55.7 Å². The van der Waals surface area contributed by atoms with E-state index < -0.39 is 0 Å². The number of hydrogen-bond donors (Lipinski definition) is 1. The molecule has 1 N–H and O–H groups in total. The van der Waals surface area contributed by atoms with Crippen LogP contribution in [-0.4, -0.2) is 48.6 Å². The molecule has 1 fully saturated rings. The van der Waals surface area contributed by atoms with Crippen LogP contribution < -0.4 is 15.2 Å². The Morgan fingerprint density at radius 3 is 2.53 bits per heavy atom. The zero-order valence-corrected chi connectivity index (χ0v) is 17.0. The van der Waals surface area contributed by atoms with E-state index in [-0.39, 0.29) is 11.5 Å². The molecule has 0 saturated carbocycles. The lowest BCUT2D eigenvalue weighted by molar-refractivity contribution is -0.131. The summed E-state index contributed by atoms with van der Waals surface area (Å²) in [6.45, 7) is 3.90. The number of aromatic amines is 1. The van der Waals surface area contributed by atoms with Crippen molar-refractivity contribution in [3.63, 3.8) is 0 Å². The Bertz CT molecular complexity index is 1040. The van der Waals surface area contributed by atoms with Gasteiger partial charge in [-0.2, -0.15) is 0 Å². The number of pyridine rings is 1. The number of aromatic nitrogens is 1. The fourth-order valence-electron chi connectivity index (χ4n) is 3.80. The predicted molar refractivity (Wildman–Crippen MR) is 119 cm³/mol. The van der Waals surface area contributed by atoms with Crippen molar-refractivity contribution in [2.24, 2.45) is 0 Å². The van der Waals surface area contributed by atoms with Crippen molar-refractivity contribution in [3.8, 4) is 5.75 Å². The molecule has 1 saturated heterocycles. The Kier molecular flexibility index (Phi) is 6.32. The van der Waals surface area contributed by atoms with Gasteiger partial charge < -0.3 is 19.5 Å². The van der Waals surface area contributed by atoms with Gasteiger partial charge in [0, 0.05) is 55.3 Å². The van der Waals surface area contributed by atoms with Crippen LogP contribution in [0, 0.1) is 0 Å². The number of carbonyl (C=O) groups excluding carboxylic acids is 1. The summed E-state index contributed by atoms with van der Waals surface area (Å²) >= 11 is 0. The Morgan fingerprint density at radius 2 is 1.73 bits per heavy atom. The number of carbonyl (C=O) groups is 1. The van der Waals surface area contributed by atoms with Gasteiger partial charge in [0.15, 0.2) is 0 Å². The standard InChI is InChI=1S/C24H27N3O3/c28-23-12-9-19-18-21(10-11-22(19)25-23)30-17-5-4-8-24(29)27-15-13-26(14-16-27)20-6-2-1-3-7-20/h1-3,6-7,9-12,18H,4-5,8,13-17H2,(H,25,28). The van der Waals surface area contributed by atoms with Crippen LogP contribution in [0.25, 0.3) is 10.9 Å².